The first-order valence-electron chi connectivity index (χ1n) is 7.32. The minimum atomic E-state index is -0.476. The highest BCUT2D eigenvalue weighted by Crippen LogP contribution is 2.47. The van der Waals surface area contributed by atoms with E-state index in [9.17, 15) is 5.11 Å². The van der Waals surface area contributed by atoms with Gasteiger partial charge in [-0.15, -0.1) is 0 Å². The summed E-state index contributed by atoms with van der Waals surface area (Å²) in [5.41, 5.74) is 1.70. The molecule has 0 spiro atoms. The Kier molecular flexibility index (Phi) is 5.47. The smallest absolute Gasteiger partial charge is 0.133 e. The van der Waals surface area contributed by atoms with Crippen LogP contribution in [0.15, 0.2) is 22.7 Å². The Balaban J connectivity index is 1.68. The molecule has 0 radical (unpaired) electrons. The Bertz CT molecular complexity index is 446. The molecule has 1 aromatic carbocycles. The van der Waals surface area contributed by atoms with Crippen molar-refractivity contribution in [2.75, 3.05) is 19.7 Å². The molecule has 1 unspecified atom stereocenters. The van der Waals surface area contributed by atoms with Crippen LogP contribution in [0.4, 0.5) is 0 Å². The van der Waals surface area contributed by atoms with Gasteiger partial charge in [0.1, 0.15) is 18.5 Å². The Morgan fingerprint density at radius 3 is 2.80 bits per heavy atom. The number of ether oxygens (including phenoxy) is 1. The van der Waals surface area contributed by atoms with Crippen LogP contribution in [0.3, 0.4) is 0 Å². The topological polar surface area (TPSA) is 41.5 Å². The van der Waals surface area contributed by atoms with Gasteiger partial charge in [-0.05, 0) is 65.2 Å². The molecule has 0 bridgehead atoms. The van der Waals surface area contributed by atoms with E-state index in [0.717, 1.165) is 16.8 Å². The van der Waals surface area contributed by atoms with Gasteiger partial charge in [-0.2, -0.15) is 0 Å². The summed E-state index contributed by atoms with van der Waals surface area (Å²) in [5.74, 6) is 0.780. The minimum Gasteiger partial charge on any atom is -0.490 e. The summed E-state index contributed by atoms with van der Waals surface area (Å²) in [5, 5.41) is 13.3. The van der Waals surface area contributed by atoms with Gasteiger partial charge >= 0.3 is 0 Å². The molecule has 0 aliphatic heterocycles. The lowest BCUT2D eigenvalue weighted by Gasteiger charge is -2.17. The van der Waals surface area contributed by atoms with Crippen LogP contribution < -0.4 is 10.1 Å². The molecular formula is C16H24BrNO2. The predicted octanol–water partition coefficient (Wildman–Crippen LogP) is 3.28. The molecule has 1 aliphatic rings. The first-order valence-corrected chi connectivity index (χ1v) is 8.12. The van der Waals surface area contributed by atoms with E-state index in [1.165, 1.54) is 24.8 Å². The van der Waals surface area contributed by atoms with E-state index in [-0.39, 0.29) is 0 Å². The molecule has 0 aromatic heterocycles. The van der Waals surface area contributed by atoms with E-state index in [1.54, 1.807) is 0 Å². The van der Waals surface area contributed by atoms with Crippen molar-refractivity contribution < 1.29 is 9.84 Å². The van der Waals surface area contributed by atoms with Crippen molar-refractivity contribution in [2.24, 2.45) is 5.41 Å². The summed E-state index contributed by atoms with van der Waals surface area (Å²) in [6.45, 7) is 6.19. The van der Waals surface area contributed by atoms with Crippen molar-refractivity contribution >= 4 is 15.9 Å². The lowest BCUT2D eigenvalue weighted by molar-refractivity contribution is 0.104. The largest absolute Gasteiger partial charge is 0.490 e. The van der Waals surface area contributed by atoms with Gasteiger partial charge in [-0.3, -0.25) is 0 Å². The third-order valence-electron chi connectivity index (χ3n) is 4.11. The fourth-order valence-corrected chi connectivity index (χ4v) is 2.91. The molecule has 20 heavy (non-hydrogen) atoms. The third kappa shape index (κ3) is 4.47. The number of aliphatic hydroxyl groups is 1. The van der Waals surface area contributed by atoms with Crippen LogP contribution in [0.2, 0.25) is 0 Å². The van der Waals surface area contributed by atoms with Gasteiger partial charge < -0.3 is 15.2 Å². The summed E-state index contributed by atoms with van der Waals surface area (Å²) in [4.78, 5) is 0. The lowest BCUT2D eigenvalue weighted by Crippen LogP contribution is -2.34. The second-order valence-corrected chi connectivity index (χ2v) is 6.74. The summed E-state index contributed by atoms with van der Waals surface area (Å²) in [6.07, 6.45) is 3.39. The molecule has 1 aliphatic carbocycles. The highest BCUT2D eigenvalue weighted by Gasteiger charge is 2.39. The van der Waals surface area contributed by atoms with E-state index < -0.39 is 6.10 Å². The number of hydrogen-bond acceptors (Lipinski definition) is 3. The predicted molar refractivity (Wildman–Crippen MR) is 85.2 cm³/mol. The first-order chi connectivity index (χ1) is 9.54. The summed E-state index contributed by atoms with van der Waals surface area (Å²) in [6, 6.07) is 5.94. The molecule has 4 heteroatoms. The quantitative estimate of drug-likeness (QED) is 0.762. The Morgan fingerprint density at radius 1 is 1.45 bits per heavy atom. The molecule has 3 nitrogen and oxygen atoms in total. The number of hydrogen-bond donors (Lipinski definition) is 2. The van der Waals surface area contributed by atoms with Gasteiger partial charge in [-0.1, -0.05) is 13.0 Å². The molecule has 1 aromatic rings. The highest BCUT2D eigenvalue weighted by atomic mass is 79.9. The Hall–Kier alpha value is -0.580. The van der Waals surface area contributed by atoms with Crippen LogP contribution in [0.5, 0.6) is 5.75 Å². The number of rotatable bonds is 8. The molecule has 2 rings (SSSR count). The minimum absolute atomic E-state index is 0.313. The SMILES string of the molecule is CCC1(CNCC(O)COc2ccc(C)cc2Br)CC1. The molecule has 1 fully saturated rings. The number of aliphatic hydroxyl groups excluding tert-OH is 1. The van der Waals surface area contributed by atoms with Crippen molar-refractivity contribution in [3.05, 3.63) is 28.2 Å². The molecule has 2 N–H and O–H groups in total. The molecule has 0 saturated heterocycles. The maximum atomic E-state index is 9.94. The molecule has 112 valence electrons. The standard InChI is InChI=1S/C16H24BrNO2/c1-3-16(6-7-16)11-18-9-13(19)10-20-15-5-4-12(2)8-14(15)17/h4-5,8,13,18-19H,3,6-7,9-11H2,1-2H3. The van der Waals surface area contributed by atoms with Gasteiger partial charge in [0.05, 0.1) is 4.47 Å². The van der Waals surface area contributed by atoms with Crippen molar-refractivity contribution in [2.45, 2.75) is 39.2 Å². The lowest BCUT2D eigenvalue weighted by atomic mass is 10.0. The third-order valence-corrected chi connectivity index (χ3v) is 4.73. The molecule has 1 saturated carbocycles. The Labute approximate surface area is 129 Å². The molecule has 1 atom stereocenters. The second kappa shape index (κ2) is 6.92. The maximum Gasteiger partial charge on any atom is 0.133 e. The van der Waals surface area contributed by atoms with Crippen molar-refractivity contribution in [1.29, 1.82) is 0 Å². The highest BCUT2D eigenvalue weighted by molar-refractivity contribution is 9.10. The van der Waals surface area contributed by atoms with Crippen molar-refractivity contribution in [3.63, 3.8) is 0 Å². The van der Waals surface area contributed by atoms with Gasteiger partial charge in [-0.25, -0.2) is 0 Å². The van der Waals surface area contributed by atoms with E-state index in [4.69, 9.17) is 4.74 Å². The van der Waals surface area contributed by atoms with Crippen LogP contribution >= 0.6 is 15.9 Å². The number of aryl methyl sites for hydroxylation is 1. The van der Waals surface area contributed by atoms with E-state index in [0.29, 0.717) is 18.6 Å². The van der Waals surface area contributed by atoms with Gasteiger partial charge in [0.15, 0.2) is 0 Å². The fraction of sp³-hybridized carbons (Fsp3) is 0.625. The molecular weight excluding hydrogens is 318 g/mol. The van der Waals surface area contributed by atoms with Gasteiger partial charge in [0.2, 0.25) is 0 Å². The maximum absolute atomic E-state index is 9.94. The number of nitrogens with one attached hydrogen (secondary N) is 1. The van der Waals surface area contributed by atoms with E-state index in [1.807, 2.05) is 25.1 Å². The van der Waals surface area contributed by atoms with Crippen molar-refractivity contribution in [1.82, 2.24) is 5.32 Å². The van der Waals surface area contributed by atoms with Crippen LogP contribution in [0.25, 0.3) is 0 Å². The first kappa shape index (κ1) is 15.8. The number of benzene rings is 1. The zero-order chi connectivity index (χ0) is 14.6. The average molecular weight is 342 g/mol. The zero-order valence-electron chi connectivity index (χ0n) is 12.3. The van der Waals surface area contributed by atoms with Gasteiger partial charge in [0.25, 0.3) is 0 Å². The van der Waals surface area contributed by atoms with Crippen LogP contribution in [0, 0.1) is 12.3 Å². The monoisotopic (exact) mass is 341 g/mol. The van der Waals surface area contributed by atoms with E-state index in [2.05, 4.69) is 28.2 Å². The van der Waals surface area contributed by atoms with Crippen LogP contribution in [-0.2, 0) is 0 Å². The average Bonchev–Trinajstić information content (AvgIpc) is 3.18. The summed E-state index contributed by atoms with van der Waals surface area (Å²) < 4.78 is 6.57. The second-order valence-electron chi connectivity index (χ2n) is 5.88. The molecule has 0 amide bonds. The fourth-order valence-electron chi connectivity index (χ4n) is 2.30. The Morgan fingerprint density at radius 2 is 2.20 bits per heavy atom. The van der Waals surface area contributed by atoms with Crippen LogP contribution in [-0.4, -0.2) is 30.9 Å². The number of halogens is 1. The normalized spacial score (nSPS) is 17.8. The summed E-state index contributed by atoms with van der Waals surface area (Å²) in [7, 11) is 0. The van der Waals surface area contributed by atoms with Crippen molar-refractivity contribution in [3.8, 4) is 5.75 Å². The molecule has 0 heterocycles. The summed E-state index contributed by atoms with van der Waals surface area (Å²) >= 11 is 3.47. The van der Waals surface area contributed by atoms with Crippen LogP contribution in [0.1, 0.15) is 31.7 Å². The van der Waals surface area contributed by atoms with Gasteiger partial charge in [0, 0.05) is 13.1 Å². The van der Waals surface area contributed by atoms with E-state index >= 15 is 0 Å². The zero-order valence-corrected chi connectivity index (χ0v) is 13.9.